The molecule has 6 rings (SSSR count). The van der Waals surface area contributed by atoms with Gasteiger partial charge >= 0.3 is 0 Å². The number of nitrogens with one attached hydrogen (secondary N) is 2. The fourth-order valence-electron chi connectivity index (χ4n) is 4.04. The summed E-state index contributed by atoms with van der Waals surface area (Å²) in [6.07, 6.45) is 0. The number of fused-ring (bicyclic) bond motifs is 6. The van der Waals surface area contributed by atoms with Crippen molar-refractivity contribution in [2.24, 2.45) is 4.52 Å². The monoisotopic (exact) mass is 409 g/mol. The Labute approximate surface area is 170 Å². The van der Waals surface area contributed by atoms with Crippen LogP contribution in [-0.2, 0) is 0 Å². The zero-order valence-corrected chi connectivity index (χ0v) is 17.4. The van der Waals surface area contributed by atoms with E-state index in [2.05, 4.69) is 94.9 Å². The van der Waals surface area contributed by atoms with Crippen molar-refractivity contribution in [2.75, 3.05) is 0 Å². The van der Waals surface area contributed by atoms with Crippen LogP contribution < -0.4 is 10.6 Å². The minimum absolute atomic E-state index is 0.396. The quantitative estimate of drug-likeness (QED) is 0.308. The van der Waals surface area contributed by atoms with E-state index in [1.165, 1.54) is 54.2 Å². The van der Waals surface area contributed by atoms with Crippen molar-refractivity contribution < 1.29 is 0 Å². The van der Waals surface area contributed by atoms with Crippen LogP contribution in [0.2, 0.25) is 0 Å². The predicted molar refractivity (Wildman–Crippen MR) is 129 cm³/mol. The van der Waals surface area contributed by atoms with Crippen LogP contribution in [0.3, 0.4) is 0 Å². The first-order valence-corrected chi connectivity index (χ1v) is 11.3. The summed E-state index contributed by atoms with van der Waals surface area (Å²) < 4.78 is 4.91. The van der Waals surface area contributed by atoms with Gasteiger partial charge in [-0.05, 0) is 18.2 Å². The lowest BCUT2D eigenvalue weighted by atomic mass is 10.1. The number of nitrogens with zero attached hydrogens (tertiary/aromatic N) is 1. The maximum atomic E-state index is 4.91. The molecule has 3 nitrogen and oxygen atoms in total. The minimum atomic E-state index is 0.396. The van der Waals surface area contributed by atoms with Gasteiger partial charge in [-0.3, -0.25) is 0 Å². The maximum absolute atomic E-state index is 4.91. The summed E-state index contributed by atoms with van der Waals surface area (Å²) in [6, 6.07) is 29.9. The molecule has 2 aromatic heterocycles. The second kappa shape index (κ2) is 6.81. The van der Waals surface area contributed by atoms with Gasteiger partial charge in [0, 0.05) is 60.3 Å². The van der Waals surface area contributed by atoms with Gasteiger partial charge in [0.15, 0.2) is 0 Å². The number of hydrogen-bond donors (Lipinski definition) is 2. The third kappa shape index (κ3) is 2.78. The molecule has 0 saturated heterocycles. The SMILES string of the molecule is c1ccc2c(c1)[nH]c1c(P=NPc3cccc4c3[nH]c3ccccc34)cccc12. The molecule has 0 fully saturated rings. The van der Waals surface area contributed by atoms with Gasteiger partial charge in [0.2, 0.25) is 0 Å². The molecule has 0 aliphatic carbocycles. The number of aromatic nitrogens is 2. The third-order valence-electron chi connectivity index (χ3n) is 5.39. The second-order valence-corrected chi connectivity index (χ2v) is 9.32. The Kier molecular flexibility index (Phi) is 3.97. The van der Waals surface area contributed by atoms with Gasteiger partial charge in [-0.25, -0.2) is 4.52 Å². The van der Waals surface area contributed by atoms with E-state index in [4.69, 9.17) is 4.52 Å². The van der Waals surface area contributed by atoms with E-state index < -0.39 is 0 Å². The van der Waals surface area contributed by atoms with Gasteiger partial charge in [-0.15, -0.1) is 0 Å². The second-order valence-electron chi connectivity index (χ2n) is 7.08. The molecule has 2 heterocycles. The van der Waals surface area contributed by atoms with Crippen LogP contribution in [0.1, 0.15) is 0 Å². The molecule has 5 heteroatoms. The summed E-state index contributed by atoms with van der Waals surface area (Å²) in [7, 11) is 1.39. The van der Waals surface area contributed by atoms with E-state index in [0.29, 0.717) is 8.73 Å². The van der Waals surface area contributed by atoms with Crippen LogP contribution in [0, 0.1) is 0 Å². The molecule has 0 spiro atoms. The van der Waals surface area contributed by atoms with Crippen LogP contribution in [0.5, 0.6) is 0 Å². The first-order chi connectivity index (χ1) is 14.4. The van der Waals surface area contributed by atoms with Crippen molar-refractivity contribution in [1.29, 1.82) is 0 Å². The fourth-order valence-corrected chi connectivity index (χ4v) is 6.01. The zero-order valence-electron chi connectivity index (χ0n) is 15.5. The normalized spacial score (nSPS) is 12.6. The van der Waals surface area contributed by atoms with E-state index in [9.17, 15) is 0 Å². The van der Waals surface area contributed by atoms with Gasteiger partial charge in [0.25, 0.3) is 0 Å². The number of rotatable bonds is 3. The number of hydrogen-bond acceptors (Lipinski definition) is 1. The minimum Gasteiger partial charge on any atom is -0.354 e. The number of benzene rings is 4. The molecule has 6 aromatic rings. The van der Waals surface area contributed by atoms with E-state index in [1.807, 2.05) is 0 Å². The summed E-state index contributed by atoms with van der Waals surface area (Å²) in [5, 5.41) is 7.56. The molecule has 0 bridgehead atoms. The van der Waals surface area contributed by atoms with Crippen LogP contribution in [0.25, 0.3) is 43.6 Å². The Balaban J connectivity index is 1.40. The molecule has 0 amide bonds. The van der Waals surface area contributed by atoms with Crippen LogP contribution >= 0.6 is 17.1 Å². The highest BCUT2D eigenvalue weighted by Crippen LogP contribution is 2.30. The maximum Gasteiger partial charge on any atom is 0.0600 e. The Hall–Kier alpha value is -2.99. The van der Waals surface area contributed by atoms with E-state index in [0.717, 1.165) is 8.37 Å². The first kappa shape index (κ1) is 16.9. The van der Waals surface area contributed by atoms with Gasteiger partial charge in [0.1, 0.15) is 0 Å². The van der Waals surface area contributed by atoms with Crippen molar-refractivity contribution in [2.45, 2.75) is 0 Å². The van der Waals surface area contributed by atoms with Gasteiger partial charge < -0.3 is 9.97 Å². The summed E-state index contributed by atoms with van der Waals surface area (Å²) in [5.74, 6) is 0. The molecule has 1 unspecified atom stereocenters. The lowest BCUT2D eigenvalue weighted by Gasteiger charge is -2.00. The molecule has 29 heavy (non-hydrogen) atoms. The molecule has 4 aromatic carbocycles. The molecule has 0 aliphatic rings. The highest BCUT2D eigenvalue weighted by atomic mass is 31.1. The Morgan fingerprint density at radius 1 is 0.586 bits per heavy atom. The van der Waals surface area contributed by atoms with E-state index >= 15 is 0 Å². The predicted octanol–water partition coefficient (Wildman–Crippen LogP) is 6.63. The van der Waals surface area contributed by atoms with Gasteiger partial charge in [-0.2, -0.15) is 0 Å². The zero-order chi connectivity index (χ0) is 19.2. The molecule has 2 N–H and O–H groups in total. The molecule has 1 atom stereocenters. The van der Waals surface area contributed by atoms with Gasteiger partial charge in [0.05, 0.1) is 11.0 Å². The number of H-pyrrole nitrogens is 2. The van der Waals surface area contributed by atoms with E-state index in [-0.39, 0.29) is 0 Å². The summed E-state index contributed by atoms with van der Waals surface area (Å²) >= 11 is 0. The van der Waals surface area contributed by atoms with Crippen LogP contribution in [-0.4, -0.2) is 9.97 Å². The average molecular weight is 409 g/mol. The standard InChI is InChI=1S/C24H17N3P2/c1-3-11-19-15(7-1)17-9-5-13-21(23(17)25-19)28-27-29-22-14-6-10-18-16-8-2-4-12-20(16)26-24(18)22/h1-14,25-26,28H. The highest BCUT2D eigenvalue weighted by molar-refractivity contribution is 7.54. The lowest BCUT2D eigenvalue weighted by Crippen LogP contribution is -1.95. The largest absolute Gasteiger partial charge is 0.354 e. The topological polar surface area (TPSA) is 43.9 Å². The number of para-hydroxylation sites is 4. The van der Waals surface area contributed by atoms with Crippen molar-refractivity contribution in [3.63, 3.8) is 0 Å². The fraction of sp³-hybridized carbons (Fsp3) is 0. The van der Waals surface area contributed by atoms with Gasteiger partial charge in [-0.1, -0.05) is 66.7 Å². The van der Waals surface area contributed by atoms with Crippen molar-refractivity contribution >= 4 is 71.3 Å². The smallest absolute Gasteiger partial charge is 0.0600 e. The first-order valence-electron chi connectivity index (χ1n) is 9.54. The molecule has 0 saturated carbocycles. The number of aromatic amines is 2. The summed E-state index contributed by atoms with van der Waals surface area (Å²) in [4.78, 5) is 7.15. The summed E-state index contributed by atoms with van der Waals surface area (Å²) in [5.41, 5.74) is 4.75. The van der Waals surface area contributed by atoms with Crippen LogP contribution in [0.15, 0.2) is 89.4 Å². The third-order valence-corrected chi connectivity index (χ3v) is 7.43. The Bertz CT molecular complexity index is 1540. The molecule has 0 aliphatic heterocycles. The van der Waals surface area contributed by atoms with Crippen LogP contribution in [0.4, 0.5) is 0 Å². The van der Waals surface area contributed by atoms with Crippen molar-refractivity contribution in [3.05, 3.63) is 84.9 Å². The molecule has 0 radical (unpaired) electrons. The van der Waals surface area contributed by atoms with E-state index in [1.54, 1.807) is 0 Å². The lowest BCUT2D eigenvalue weighted by molar-refractivity contribution is 1.56. The Morgan fingerprint density at radius 3 is 1.93 bits per heavy atom. The van der Waals surface area contributed by atoms with Crippen molar-refractivity contribution in [1.82, 2.24) is 9.97 Å². The average Bonchev–Trinajstić information content (AvgIpc) is 3.33. The highest BCUT2D eigenvalue weighted by Gasteiger charge is 2.08. The molecular formula is C24H17N3P2. The van der Waals surface area contributed by atoms with Crippen molar-refractivity contribution in [3.8, 4) is 0 Å². The Morgan fingerprint density at radius 2 is 1.17 bits per heavy atom. The molecule has 138 valence electrons. The summed E-state index contributed by atoms with van der Waals surface area (Å²) in [6.45, 7) is 0. The molecular weight excluding hydrogens is 392 g/mol.